The maximum absolute atomic E-state index is 13.3. The molecule has 3 rings (SSSR count). The van der Waals surface area contributed by atoms with Gasteiger partial charge in [0.15, 0.2) is 0 Å². The summed E-state index contributed by atoms with van der Waals surface area (Å²) < 4.78 is 10.8. The maximum atomic E-state index is 13.3. The average molecular weight is 502 g/mol. The number of nitrogens with one attached hydrogen (secondary N) is 2. The van der Waals surface area contributed by atoms with Crippen molar-refractivity contribution in [3.63, 3.8) is 0 Å². The Labute approximate surface area is 213 Å². The molecule has 36 heavy (non-hydrogen) atoms. The van der Waals surface area contributed by atoms with Gasteiger partial charge >= 0.3 is 18.0 Å². The molecule has 10 heteroatoms. The van der Waals surface area contributed by atoms with Gasteiger partial charge < -0.3 is 25.0 Å². The summed E-state index contributed by atoms with van der Waals surface area (Å²) in [6.45, 7) is 11.2. The monoisotopic (exact) mass is 501 g/mol. The van der Waals surface area contributed by atoms with E-state index in [4.69, 9.17) is 9.47 Å². The van der Waals surface area contributed by atoms with Crippen molar-refractivity contribution in [3.8, 4) is 5.75 Å². The van der Waals surface area contributed by atoms with E-state index in [1.165, 1.54) is 0 Å². The van der Waals surface area contributed by atoms with Gasteiger partial charge in [0.05, 0.1) is 25.3 Å². The number of hydrogen-bond donors (Lipinski definition) is 2. The first kappa shape index (κ1) is 27.3. The number of nitrogens with zero attached hydrogens (tertiary/aromatic N) is 3. The van der Waals surface area contributed by atoms with Crippen molar-refractivity contribution < 1.29 is 23.9 Å². The van der Waals surface area contributed by atoms with Crippen LogP contribution in [-0.2, 0) is 9.53 Å². The first-order chi connectivity index (χ1) is 17.3. The molecule has 2 N–H and O–H groups in total. The standard InChI is InChI=1S/C26H39N5O5/c1-6-31-21(17-29-12-9-13-30(15-14-29)25(33)27-18(3)4)22(24(32)36-7-2)23(28-26(31)34)19-10-8-11-20(16-19)35-5/h8,10-11,16,18,23H,6-7,9,12-15,17H2,1-5H3,(H,27,33)(H,28,34). The second kappa shape index (κ2) is 12.6. The van der Waals surface area contributed by atoms with Gasteiger partial charge in [-0.2, -0.15) is 0 Å². The average Bonchev–Trinajstić information content (AvgIpc) is 3.09. The molecule has 1 fully saturated rings. The van der Waals surface area contributed by atoms with E-state index >= 15 is 0 Å². The SMILES string of the molecule is CCOC(=O)C1=C(CN2CCCN(C(=O)NC(C)C)CC2)N(CC)C(=O)NC1c1cccc(OC)c1. The van der Waals surface area contributed by atoms with E-state index in [0.29, 0.717) is 49.7 Å². The number of carbonyl (C=O) groups excluding carboxylic acids is 3. The van der Waals surface area contributed by atoms with E-state index in [9.17, 15) is 14.4 Å². The number of hydrogen-bond acceptors (Lipinski definition) is 6. The molecule has 0 radical (unpaired) electrons. The Morgan fingerprint density at radius 3 is 2.61 bits per heavy atom. The van der Waals surface area contributed by atoms with E-state index < -0.39 is 12.0 Å². The molecule has 0 aromatic heterocycles. The molecule has 1 saturated heterocycles. The molecule has 0 bridgehead atoms. The number of rotatable bonds is 8. The summed E-state index contributed by atoms with van der Waals surface area (Å²) in [5.41, 5.74) is 1.80. The zero-order valence-electron chi connectivity index (χ0n) is 22.0. The number of likely N-dealkylation sites (N-methyl/N-ethyl adjacent to an activating group) is 1. The quantitative estimate of drug-likeness (QED) is 0.531. The number of urea groups is 2. The molecule has 2 heterocycles. The van der Waals surface area contributed by atoms with Crippen molar-refractivity contribution >= 4 is 18.0 Å². The lowest BCUT2D eigenvalue weighted by molar-refractivity contribution is -0.139. The highest BCUT2D eigenvalue weighted by molar-refractivity contribution is 5.95. The maximum Gasteiger partial charge on any atom is 0.338 e. The molecule has 1 atom stereocenters. The zero-order chi connectivity index (χ0) is 26.2. The Balaban J connectivity index is 1.95. The molecular weight excluding hydrogens is 462 g/mol. The smallest absolute Gasteiger partial charge is 0.338 e. The van der Waals surface area contributed by atoms with E-state index in [0.717, 1.165) is 18.5 Å². The Bertz CT molecular complexity index is 979. The fraction of sp³-hybridized carbons (Fsp3) is 0.577. The lowest BCUT2D eigenvalue weighted by Gasteiger charge is -2.38. The second-order valence-electron chi connectivity index (χ2n) is 9.21. The van der Waals surface area contributed by atoms with Crippen molar-refractivity contribution in [1.29, 1.82) is 0 Å². The highest BCUT2D eigenvalue weighted by Crippen LogP contribution is 2.33. The van der Waals surface area contributed by atoms with Gasteiger partial charge in [-0.05, 0) is 51.8 Å². The van der Waals surface area contributed by atoms with Gasteiger partial charge in [0.1, 0.15) is 5.75 Å². The van der Waals surface area contributed by atoms with E-state index in [2.05, 4.69) is 15.5 Å². The molecule has 0 aliphatic carbocycles. The minimum absolute atomic E-state index is 0.0661. The van der Waals surface area contributed by atoms with Crippen LogP contribution in [-0.4, -0.2) is 91.8 Å². The van der Waals surface area contributed by atoms with Crippen LogP contribution >= 0.6 is 0 Å². The van der Waals surface area contributed by atoms with Gasteiger partial charge in [0.2, 0.25) is 0 Å². The van der Waals surface area contributed by atoms with E-state index in [1.807, 2.05) is 49.9 Å². The Hall–Kier alpha value is -3.27. The van der Waals surface area contributed by atoms with Gasteiger partial charge in [0.25, 0.3) is 0 Å². The molecule has 2 aliphatic heterocycles. The van der Waals surface area contributed by atoms with Crippen LogP contribution in [0.5, 0.6) is 5.75 Å². The molecule has 10 nitrogen and oxygen atoms in total. The molecule has 1 unspecified atom stereocenters. The minimum Gasteiger partial charge on any atom is -0.497 e. The topological polar surface area (TPSA) is 103 Å². The van der Waals surface area contributed by atoms with Gasteiger partial charge in [-0.25, -0.2) is 14.4 Å². The van der Waals surface area contributed by atoms with Gasteiger partial charge in [-0.15, -0.1) is 0 Å². The van der Waals surface area contributed by atoms with Crippen LogP contribution in [0.25, 0.3) is 0 Å². The highest BCUT2D eigenvalue weighted by atomic mass is 16.5. The molecule has 1 aromatic carbocycles. The number of ether oxygens (including phenoxy) is 2. The second-order valence-corrected chi connectivity index (χ2v) is 9.21. The summed E-state index contributed by atoms with van der Waals surface area (Å²) in [5, 5.41) is 5.94. The Kier molecular flexibility index (Phi) is 9.58. The minimum atomic E-state index is -0.662. The summed E-state index contributed by atoms with van der Waals surface area (Å²) in [4.78, 5) is 44.6. The predicted molar refractivity (Wildman–Crippen MR) is 137 cm³/mol. The lowest BCUT2D eigenvalue weighted by Crippen LogP contribution is -2.51. The molecule has 0 spiro atoms. The largest absolute Gasteiger partial charge is 0.497 e. The van der Waals surface area contributed by atoms with E-state index in [-0.39, 0.29) is 24.7 Å². The van der Waals surface area contributed by atoms with Crippen molar-refractivity contribution in [3.05, 3.63) is 41.1 Å². The predicted octanol–water partition coefficient (Wildman–Crippen LogP) is 2.72. The van der Waals surface area contributed by atoms with Crippen LogP contribution in [0, 0.1) is 0 Å². The summed E-state index contributed by atoms with van der Waals surface area (Å²) in [6, 6.07) is 6.42. The molecule has 198 valence electrons. The first-order valence-electron chi connectivity index (χ1n) is 12.7. The fourth-order valence-electron chi connectivity index (χ4n) is 4.61. The van der Waals surface area contributed by atoms with Crippen molar-refractivity contribution in [2.45, 2.75) is 46.2 Å². The van der Waals surface area contributed by atoms with Crippen LogP contribution in [0.2, 0.25) is 0 Å². The van der Waals surface area contributed by atoms with Gasteiger partial charge in [-0.3, -0.25) is 9.80 Å². The molecule has 2 aliphatic rings. The molecule has 4 amide bonds. The highest BCUT2D eigenvalue weighted by Gasteiger charge is 2.38. The van der Waals surface area contributed by atoms with Crippen LogP contribution in [0.4, 0.5) is 9.59 Å². The molecular formula is C26H39N5O5. The number of benzene rings is 1. The Morgan fingerprint density at radius 2 is 1.94 bits per heavy atom. The molecule has 1 aromatic rings. The molecule has 0 saturated carbocycles. The van der Waals surface area contributed by atoms with Crippen LogP contribution in [0.15, 0.2) is 35.5 Å². The summed E-state index contributed by atoms with van der Waals surface area (Å²) in [7, 11) is 1.58. The third kappa shape index (κ3) is 6.48. The lowest BCUT2D eigenvalue weighted by atomic mass is 9.94. The van der Waals surface area contributed by atoms with Crippen LogP contribution < -0.4 is 15.4 Å². The number of methoxy groups -OCH3 is 1. The van der Waals surface area contributed by atoms with E-state index in [1.54, 1.807) is 18.9 Å². The van der Waals surface area contributed by atoms with Crippen molar-refractivity contribution in [2.75, 3.05) is 53.0 Å². The third-order valence-corrected chi connectivity index (χ3v) is 6.34. The normalized spacial score (nSPS) is 19.2. The fourth-order valence-corrected chi connectivity index (χ4v) is 4.61. The number of amides is 4. The first-order valence-corrected chi connectivity index (χ1v) is 12.7. The van der Waals surface area contributed by atoms with Gasteiger partial charge in [0, 0.05) is 51.0 Å². The summed E-state index contributed by atoms with van der Waals surface area (Å²) in [5.74, 6) is 0.184. The van der Waals surface area contributed by atoms with Crippen LogP contribution in [0.1, 0.15) is 45.7 Å². The zero-order valence-corrected chi connectivity index (χ0v) is 22.0. The summed E-state index contributed by atoms with van der Waals surface area (Å²) in [6.07, 6.45) is 0.797. The van der Waals surface area contributed by atoms with Gasteiger partial charge in [-0.1, -0.05) is 12.1 Å². The van der Waals surface area contributed by atoms with Crippen molar-refractivity contribution in [2.24, 2.45) is 0 Å². The number of esters is 1. The number of carbonyl (C=O) groups is 3. The Morgan fingerprint density at radius 1 is 1.17 bits per heavy atom. The van der Waals surface area contributed by atoms with Crippen molar-refractivity contribution in [1.82, 2.24) is 25.3 Å². The summed E-state index contributed by atoms with van der Waals surface area (Å²) >= 11 is 0. The van der Waals surface area contributed by atoms with Crippen LogP contribution in [0.3, 0.4) is 0 Å². The third-order valence-electron chi connectivity index (χ3n) is 6.34.